The molecule has 65 heavy (non-hydrogen) atoms. The minimum atomic E-state index is -1.39. The first kappa shape index (κ1) is 47.4. The lowest BCUT2D eigenvalue weighted by Crippen LogP contribution is -2.69. The van der Waals surface area contributed by atoms with Gasteiger partial charge in [-0.3, -0.25) is 4.79 Å². The molecule has 4 aliphatic heterocycles. The first-order valence-corrected chi connectivity index (χ1v) is 23.1. The van der Waals surface area contributed by atoms with Gasteiger partial charge in [-0.15, -0.1) is 0 Å². The fraction of sp³-hybridized carbons (Fsp3) is 0.519. The summed E-state index contributed by atoms with van der Waals surface area (Å²) in [7, 11) is 0. The molecule has 16 atom stereocenters. The number of amides is 1. The Hall–Kier alpha value is -4.09. The molecule has 0 aromatic heterocycles. The lowest BCUT2D eigenvalue weighted by Gasteiger charge is -2.52. The quantitative estimate of drug-likeness (QED) is 0.110. The number of rotatable bonds is 17. The van der Waals surface area contributed by atoms with Crippen LogP contribution < -0.4 is 5.32 Å². The monoisotopic (exact) mass is 895 g/mol. The van der Waals surface area contributed by atoms with E-state index in [-0.39, 0.29) is 50.3 Å². The van der Waals surface area contributed by atoms with Gasteiger partial charge < -0.3 is 57.8 Å². The van der Waals surface area contributed by atoms with Crippen molar-refractivity contribution in [1.82, 2.24) is 5.32 Å². The summed E-state index contributed by atoms with van der Waals surface area (Å²) in [5, 5.41) is 15.7. The Bertz CT molecular complexity index is 2030. The van der Waals surface area contributed by atoms with Gasteiger partial charge in [0.2, 0.25) is 5.91 Å². The van der Waals surface area contributed by atoms with E-state index in [2.05, 4.69) is 33.0 Å². The molecule has 350 valence electrons. The average molecular weight is 896 g/mol. The highest BCUT2D eigenvalue weighted by atomic mass is 16.8. The highest BCUT2D eigenvalue weighted by molar-refractivity contribution is 5.73. The summed E-state index contributed by atoms with van der Waals surface area (Å²) in [5.41, 5.74) is 3.63. The number of carbonyl (C=O) groups excluding carboxylic acids is 1. The van der Waals surface area contributed by atoms with Crippen molar-refractivity contribution >= 4 is 5.91 Å². The Morgan fingerprint density at radius 1 is 0.631 bits per heavy atom. The molecule has 0 bridgehead atoms. The van der Waals surface area contributed by atoms with Crippen molar-refractivity contribution in [3.05, 3.63) is 144 Å². The number of aliphatic hydroxyl groups is 1. The molecule has 4 saturated heterocycles. The van der Waals surface area contributed by atoms with Gasteiger partial charge in [-0.05, 0) is 34.9 Å². The number of hydrogen-bond acceptors (Lipinski definition) is 12. The van der Waals surface area contributed by atoms with Crippen molar-refractivity contribution in [3.8, 4) is 0 Å². The molecule has 8 rings (SSSR count). The third-order valence-electron chi connectivity index (χ3n) is 13.3. The largest absolute Gasteiger partial charge is 0.385 e. The standard InChI is InChI=1S/C52H65NO12/c1-6-40-33(3)32(2)34(4)49(60-40)65-48-44(55)52(62-42-31-59-50(63-46(42)48)39-25-17-10-18-26-39)64-45-41(30-56-27-36-19-11-7-12-20-36)61-51(58-29-38-23-15-9-16-24-38)43(53-35(5)54)47(45)57-28-37-21-13-8-14-22-37/h7-26,32-34,40-52,55H,6,27-31H2,1-5H3,(H,53,54)/t32-,33+,34?,40?,41?,42?,43?,44+,45+,46+,47-,48?,49+,50?,51+,52+/m0/s1. The molecule has 2 N–H and O–H groups in total. The summed E-state index contributed by atoms with van der Waals surface area (Å²) in [4.78, 5) is 13.1. The maximum atomic E-state index is 13.1. The smallest absolute Gasteiger partial charge is 0.217 e. The minimum Gasteiger partial charge on any atom is -0.385 e. The van der Waals surface area contributed by atoms with Gasteiger partial charge in [0.15, 0.2) is 25.2 Å². The van der Waals surface area contributed by atoms with E-state index in [1.54, 1.807) is 0 Å². The molecule has 4 heterocycles. The van der Waals surface area contributed by atoms with Gasteiger partial charge in [0.25, 0.3) is 0 Å². The van der Waals surface area contributed by atoms with Crippen LogP contribution in [-0.4, -0.2) is 98.0 Å². The van der Waals surface area contributed by atoms with E-state index < -0.39 is 73.9 Å². The second kappa shape index (κ2) is 22.6. The molecule has 0 aliphatic carbocycles. The third-order valence-corrected chi connectivity index (χ3v) is 13.3. The van der Waals surface area contributed by atoms with Gasteiger partial charge in [0.05, 0.1) is 39.1 Å². The minimum absolute atomic E-state index is 0.00492. The number of hydrogen-bond donors (Lipinski definition) is 2. The molecule has 4 aromatic rings. The van der Waals surface area contributed by atoms with Crippen molar-refractivity contribution in [1.29, 1.82) is 0 Å². The number of nitrogens with one attached hydrogen (secondary N) is 1. The molecule has 13 nitrogen and oxygen atoms in total. The summed E-state index contributed by atoms with van der Waals surface area (Å²) < 4.78 is 66.8. The first-order valence-electron chi connectivity index (χ1n) is 23.1. The Balaban J connectivity index is 1.13. The maximum absolute atomic E-state index is 13.1. The fourth-order valence-corrected chi connectivity index (χ4v) is 9.35. The second-order valence-electron chi connectivity index (χ2n) is 17.8. The second-order valence-corrected chi connectivity index (χ2v) is 17.8. The van der Waals surface area contributed by atoms with E-state index in [1.165, 1.54) is 6.92 Å². The lowest BCUT2D eigenvalue weighted by atomic mass is 9.78. The molecule has 7 unspecified atom stereocenters. The van der Waals surface area contributed by atoms with Crippen LogP contribution in [0.2, 0.25) is 0 Å². The zero-order valence-corrected chi connectivity index (χ0v) is 38.0. The van der Waals surface area contributed by atoms with Crippen LogP contribution in [0, 0.1) is 17.8 Å². The highest BCUT2D eigenvalue weighted by Gasteiger charge is 2.56. The number of fused-ring (bicyclic) bond motifs is 1. The van der Waals surface area contributed by atoms with Crippen LogP contribution in [-0.2, 0) is 72.0 Å². The SMILES string of the molecule is CCC1O[C@H](OC2[C@@H]3OC(c4ccccc4)OCC3O[C@H](O[C@@H]3C(COCc4ccccc4)O[C@@H](OCc4ccccc4)C(NC(C)=O)[C@@H]3OCc3ccccc3)[C@@H]2O)C(C)[C@@H](C)[C@H]1C. The Kier molecular flexibility index (Phi) is 16.5. The number of aliphatic hydroxyl groups excluding tert-OH is 1. The van der Waals surface area contributed by atoms with Crippen LogP contribution in [0.15, 0.2) is 121 Å². The van der Waals surface area contributed by atoms with Crippen LogP contribution in [0.1, 0.15) is 69.6 Å². The van der Waals surface area contributed by atoms with Crippen LogP contribution in [0.4, 0.5) is 0 Å². The van der Waals surface area contributed by atoms with Crippen LogP contribution >= 0.6 is 0 Å². The van der Waals surface area contributed by atoms with E-state index in [0.717, 1.165) is 28.7 Å². The van der Waals surface area contributed by atoms with Crippen LogP contribution in [0.5, 0.6) is 0 Å². The fourth-order valence-electron chi connectivity index (χ4n) is 9.35. The Morgan fingerprint density at radius 3 is 1.82 bits per heavy atom. The van der Waals surface area contributed by atoms with E-state index in [1.807, 2.05) is 121 Å². The van der Waals surface area contributed by atoms with Crippen molar-refractivity contribution in [2.24, 2.45) is 17.8 Å². The van der Waals surface area contributed by atoms with E-state index in [4.69, 9.17) is 47.4 Å². The van der Waals surface area contributed by atoms with Crippen LogP contribution in [0.3, 0.4) is 0 Å². The lowest BCUT2D eigenvalue weighted by molar-refractivity contribution is -0.400. The molecule has 0 radical (unpaired) electrons. The van der Waals surface area contributed by atoms with E-state index in [0.29, 0.717) is 12.5 Å². The molecule has 1 amide bonds. The summed E-state index contributed by atoms with van der Waals surface area (Å²) >= 11 is 0. The molecular formula is C52H65NO12. The van der Waals surface area contributed by atoms with E-state index in [9.17, 15) is 9.90 Å². The zero-order valence-electron chi connectivity index (χ0n) is 38.0. The van der Waals surface area contributed by atoms with E-state index >= 15 is 0 Å². The van der Waals surface area contributed by atoms with Gasteiger partial charge in [0, 0.05) is 18.4 Å². The van der Waals surface area contributed by atoms with Crippen molar-refractivity contribution < 1.29 is 57.3 Å². The third kappa shape index (κ3) is 11.7. The summed E-state index contributed by atoms with van der Waals surface area (Å²) in [6, 6.07) is 38.1. The Labute approximate surface area is 382 Å². The van der Waals surface area contributed by atoms with Gasteiger partial charge >= 0.3 is 0 Å². The number of ether oxygens (including phenoxy) is 10. The van der Waals surface area contributed by atoms with Crippen LogP contribution in [0.25, 0.3) is 0 Å². The van der Waals surface area contributed by atoms with Gasteiger partial charge in [-0.1, -0.05) is 149 Å². The van der Waals surface area contributed by atoms with Crippen molar-refractivity contribution in [3.63, 3.8) is 0 Å². The number of benzene rings is 4. The molecule has 13 heteroatoms. The predicted octanol–water partition coefficient (Wildman–Crippen LogP) is 7.25. The molecule has 4 fully saturated rings. The predicted molar refractivity (Wildman–Crippen MR) is 239 cm³/mol. The average Bonchev–Trinajstić information content (AvgIpc) is 3.33. The summed E-state index contributed by atoms with van der Waals surface area (Å²) in [6.07, 6.45) is -9.40. The first-order chi connectivity index (χ1) is 31.7. The summed E-state index contributed by atoms with van der Waals surface area (Å²) in [6.45, 7) is 11.0. The molecule has 4 aliphatic rings. The van der Waals surface area contributed by atoms with Gasteiger partial charge in [-0.25, -0.2) is 0 Å². The Morgan fingerprint density at radius 2 is 1.20 bits per heavy atom. The molecular weight excluding hydrogens is 831 g/mol. The van der Waals surface area contributed by atoms with Crippen molar-refractivity contribution in [2.45, 2.75) is 141 Å². The van der Waals surface area contributed by atoms with Gasteiger partial charge in [0.1, 0.15) is 48.8 Å². The highest BCUT2D eigenvalue weighted by Crippen LogP contribution is 2.42. The zero-order chi connectivity index (χ0) is 45.3. The number of carbonyl (C=O) groups is 1. The maximum Gasteiger partial charge on any atom is 0.217 e. The molecule has 4 aromatic carbocycles. The molecule has 0 spiro atoms. The molecule has 0 saturated carbocycles. The normalized spacial score (nSPS) is 34.9. The summed E-state index contributed by atoms with van der Waals surface area (Å²) in [5.74, 6) is 0.290. The van der Waals surface area contributed by atoms with Gasteiger partial charge in [-0.2, -0.15) is 0 Å². The van der Waals surface area contributed by atoms with Crippen molar-refractivity contribution in [2.75, 3.05) is 13.2 Å². The topological polar surface area (TPSA) is 142 Å².